The molecule has 2 unspecified atom stereocenters. The van der Waals surface area contributed by atoms with Crippen molar-refractivity contribution in [1.82, 2.24) is 0 Å². The van der Waals surface area contributed by atoms with Crippen LogP contribution in [0, 0.1) is 16.0 Å². The van der Waals surface area contributed by atoms with Crippen LogP contribution in [0.2, 0.25) is 0 Å². The lowest BCUT2D eigenvalue weighted by molar-refractivity contribution is -0.384. The number of carbonyl (C=O) groups excluding carboxylic acids is 1. The van der Waals surface area contributed by atoms with E-state index >= 15 is 0 Å². The normalized spacial score (nSPS) is 22.2. The summed E-state index contributed by atoms with van der Waals surface area (Å²) in [6, 6.07) is 6.02. The van der Waals surface area contributed by atoms with Crippen molar-refractivity contribution >= 4 is 17.3 Å². The SMILES string of the molecule is CC1CCOC1C(=O)N(C)c1cccc([N+](=O)[O-])c1. The van der Waals surface area contributed by atoms with Crippen LogP contribution in [0.1, 0.15) is 13.3 Å². The Labute approximate surface area is 111 Å². The standard InChI is InChI=1S/C13H16N2O4/c1-9-6-7-19-12(9)13(16)14(2)10-4-3-5-11(8-10)15(17)18/h3-5,8-9,12H,6-7H2,1-2H3. The summed E-state index contributed by atoms with van der Waals surface area (Å²) in [5.74, 6) is 0.0131. The van der Waals surface area contributed by atoms with E-state index in [0.717, 1.165) is 6.42 Å². The average molecular weight is 264 g/mol. The molecule has 102 valence electrons. The van der Waals surface area contributed by atoms with Gasteiger partial charge in [0.1, 0.15) is 6.10 Å². The second-order valence-corrected chi connectivity index (χ2v) is 4.73. The summed E-state index contributed by atoms with van der Waals surface area (Å²) in [6.45, 7) is 2.55. The first-order valence-electron chi connectivity index (χ1n) is 6.14. The van der Waals surface area contributed by atoms with Gasteiger partial charge in [0.25, 0.3) is 11.6 Å². The van der Waals surface area contributed by atoms with Crippen LogP contribution in [-0.2, 0) is 9.53 Å². The van der Waals surface area contributed by atoms with E-state index in [-0.39, 0.29) is 17.5 Å². The third-order valence-electron chi connectivity index (χ3n) is 3.39. The molecule has 0 saturated carbocycles. The van der Waals surface area contributed by atoms with Crippen LogP contribution in [0.25, 0.3) is 0 Å². The van der Waals surface area contributed by atoms with E-state index in [1.54, 1.807) is 19.2 Å². The van der Waals surface area contributed by atoms with E-state index in [0.29, 0.717) is 12.3 Å². The van der Waals surface area contributed by atoms with E-state index in [9.17, 15) is 14.9 Å². The summed E-state index contributed by atoms with van der Waals surface area (Å²) in [5, 5.41) is 10.7. The van der Waals surface area contributed by atoms with Crippen molar-refractivity contribution in [3.05, 3.63) is 34.4 Å². The molecule has 1 saturated heterocycles. The highest BCUT2D eigenvalue weighted by Gasteiger charge is 2.33. The summed E-state index contributed by atoms with van der Waals surface area (Å²) < 4.78 is 5.42. The number of ether oxygens (including phenoxy) is 1. The highest BCUT2D eigenvalue weighted by Crippen LogP contribution is 2.25. The average Bonchev–Trinajstić information content (AvgIpc) is 2.83. The molecule has 0 aliphatic carbocycles. The zero-order chi connectivity index (χ0) is 14.0. The van der Waals surface area contributed by atoms with Crippen LogP contribution in [0.15, 0.2) is 24.3 Å². The van der Waals surface area contributed by atoms with Crippen LogP contribution in [0.4, 0.5) is 11.4 Å². The topological polar surface area (TPSA) is 72.7 Å². The molecule has 1 aromatic carbocycles. The van der Waals surface area contributed by atoms with Gasteiger partial charge in [-0.25, -0.2) is 0 Å². The van der Waals surface area contributed by atoms with Gasteiger partial charge in [0.15, 0.2) is 0 Å². The summed E-state index contributed by atoms with van der Waals surface area (Å²) >= 11 is 0. The maximum absolute atomic E-state index is 12.3. The Morgan fingerprint density at radius 1 is 1.53 bits per heavy atom. The number of carbonyl (C=O) groups is 1. The molecule has 6 heteroatoms. The second-order valence-electron chi connectivity index (χ2n) is 4.73. The number of hydrogen-bond donors (Lipinski definition) is 0. The number of non-ortho nitro benzene ring substituents is 1. The molecule has 19 heavy (non-hydrogen) atoms. The Morgan fingerprint density at radius 2 is 2.26 bits per heavy atom. The Balaban J connectivity index is 2.19. The molecule has 1 aliphatic heterocycles. The van der Waals surface area contributed by atoms with E-state index < -0.39 is 11.0 Å². The van der Waals surface area contributed by atoms with E-state index in [1.807, 2.05) is 6.92 Å². The van der Waals surface area contributed by atoms with Crippen molar-refractivity contribution in [2.45, 2.75) is 19.4 Å². The first-order valence-corrected chi connectivity index (χ1v) is 6.14. The van der Waals surface area contributed by atoms with Gasteiger partial charge in [-0.15, -0.1) is 0 Å². The van der Waals surface area contributed by atoms with Crippen LogP contribution >= 0.6 is 0 Å². The van der Waals surface area contributed by atoms with Crippen LogP contribution in [-0.4, -0.2) is 30.6 Å². The molecular weight excluding hydrogens is 248 g/mol. The molecule has 0 bridgehead atoms. The fourth-order valence-corrected chi connectivity index (χ4v) is 2.14. The molecule has 1 amide bonds. The maximum atomic E-state index is 12.3. The summed E-state index contributed by atoms with van der Waals surface area (Å²) in [6.07, 6.45) is 0.406. The van der Waals surface area contributed by atoms with Gasteiger partial charge in [0.2, 0.25) is 0 Å². The third-order valence-corrected chi connectivity index (χ3v) is 3.39. The fourth-order valence-electron chi connectivity index (χ4n) is 2.14. The number of likely N-dealkylation sites (N-methyl/N-ethyl adjacent to an activating group) is 1. The lowest BCUT2D eigenvalue weighted by Gasteiger charge is -2.22. The number of amides is 1. The van der Waals surface area contributed by atoms with E-state index in [2.05, 4.69) is 0 Å². The van der Waals surface area contributed by atoms with Gasteiger partial charge in [-0.05, 0) is 18.4 Å². The van der Waals surface area contributed by atoms with Gasteiger partial charge < -0.3 is 9.64 Å². The zero-order valence-electron chi connectivity index (χ0n) is 10.9. The Bertz CT molecular complexity index is 503. The summed E-state index contributed by atoms with van der Waals surface area (Å²) in [4.78, 5) is 23.9. The minimum atomic E-state index is -0.476. The highest BCUT2D eigenvalue weighted by molar-refractivity contribution is 5.96. The summed E-state index contributed by atoms with van der Waals surface area (Å²) in [7, 11) is 1.61. The van der Waals surface area contributed by atoms with Crippen molar-refractivity contribution in [2.24, 2.45) is 5.92 Å². The van der Waals surface area contributed by atoms with Gasteiger partial charge in [0.05, 0.1) is 10.6 Å². The Hall–Kier alpha value is -1.95. The van der Waals surface area contributed by atoms with Crippen LogP contribution in [0.5, 0.6) is 0 Å². The van der Waals surface area contributed by atoms with E-state index in [1.165, 1.54) is 17.0 Å². The molecule has 1 aliphatic rings. The van der Waals surface area contributed by atoms with Crippen molar-refractivity contribution in [1.29, 1.82) is 0 Å². The number of anilines is 1. The monoisotopic (exact) mass is 264 g/mol. The lowest BCUT2D eigenvalue weighted by Crippen LogP contribution is -2.38. The molecule has 0 aromatic heterocycles. The van der Waals surface area contributed by atoms with Gasteiger partial charge in [0, 0.05) is 25.8 Å². The Kier molecular flexibility index (Phi) is 3.80. The van der Waals surface area contributed by atoms with Crippen molar-refractivity contribution in [3.63, 3.8) is 0 Å². The highest BCUT2D eigenvalue weighted by atomic mass is 16.6. The molecule has 0 radical (unpaired) electrons. The fraction of sp³-hybridized carbons (Fsp3) is 0.462. The number of nitro benzene ring substituents is 1. The first kappa shape index (κ1) is 13.5. The minimum absolute atomic E-state index is 0.0301. The molecule has 0 N–H and O–H groups in total. The zero-order valence-corrected chi connectivity index (χ0v) is 10.9. The van der Waals surface area contributed by atoms with E-state index in [4.69, 9.17) is 4.74 Å². The largest absolute Gasteiger partial charge is 0.368 e. The number of hydrogen-bond acceptors (Lipinski definition) is 4. The Morgan fingerprint density at radius 3 is 2.84 bits per heavy atom. The number of rotatable bonds is 3. The molecule has 1 aromatic rings. The molecule has 2 atom stereocenters. The molecular formula is C13H16N2O4. The number of nitro groups is 1. The number of nitrogens with zero attached hydrogens (tertiary/aromatic N) is 2. The minimum Gasteiger partial charge on any atom is -0.368 e. The van der Waals surface area contributed by atoms with Crippen LogP contribution < -0.4 is 4.90 Å². The predicted octanol–water partition coefficient (Wildman–Crippen LogP) is 1.98. The van der Waals surface area contributed by atoms with Crippen molar-refractivity contribution in [2.75, 3.05) is 18.6 Å². The molecule has 2 rings (SSSR count). The van der Waals surface area contributed by atoms with Gasteiger partial charge in [-0.1, -0.05) is 13.0 Å². The van der Waals surface area contributed by atoms with Gasteiger partial charge in [-0.2, -0.15) is 0 Å². The van der Waals surface area contributed by atoms with Crippen molar-refractivity contribution < 1.29 is 14.5 Å². The second kappa shape index (κ2) is 5.36. The summed E-state index contributed by atoms with van der Waals surface area (Å²) in [5.41, 5.74) is 0.472. The third kappa shape index (κ3) is 2.73. The molecule has 1 heterocycles. The molecule has 6 nitrogen and oxygen atoms in total. The van der Waals surface area contributed by atoms with Gasteiger partial charge >= 0.3 is 0 Å². The first-order chi connectivity index (χ1) is 9.00. The predicted molar refractivity (Wildman–Crippen MR) is 70.0 cm³/mol. The lowest BCUT2D eigenvalue weighted by atomic mass is 10.0. The number of benzene rings is 1. The smallest absolute Gasteiger partial charge is 0.271 e. The maximum Gasteiger partial charge on any atom is 0.271 e. The quantitative estimate of drug-likeness (QED) is 0.618. The van der Waals surface area contributed by atoms with Gasteiger partial charge in [-0.3, -0.25) is 14.9 Å². The molecule has 1 fully saturated rings. The van der Waals surface area contributed by atoms with Crippen molar-refractivity contribution in [3.8, 4) is 0 Å². The molecule has 0 spiro atoms. The van der Waals surface area contributed by atoms with Crippen LogP contribution in [0.3, 0.4) is 0 Å².